The average Bonchev–Trinajstić information content (AvgIpc) is 3.08. The fraction of sp³-hybridized carbons (Fsp3) is 0.167. The van der Waals surface area contributed by atoms with Crippen LogP contribution in [0, 0.1) is 19.7 Å². The first-order valence-electron chi connectivity index (χ1n) is 7.61. The van der Waals surface area contributed by atoms with Crippen LogP contribution in [0.5, 0.6) is 0 Å². The topological polar surface area (TPSA) is 69.0 Å². The van der Waals surface area contributed by atoms with Gasteiger partial charge in [-0.1, -0.05) is 0 Å². The number of rotatable bonds is 4. The van der Waals surface area contributed by atoms with E-state index in [4.69, 9.17) is 4.74 Å². The van der Waals surface area contributed by atoms with Crippen LogP contribution in [-0.2, 0) is 4.74 Å². The minimum atomic E-state index is -0.411. The van der Waals surface area contributed by atoms with Crippen LogP contribution in [0.2, 0.25) is 0 Å². The number of benzene rings is 1. The van der Waals surface area contributed by atoms with Gasteiger partial charge in [-0.05, 0) is 43.7 Å². The van der Waals surface area contributed by atoms with Crippen LogP contribution in [0.3, 0.4) is 0 Å². The number of carbonyl (C=O) groups is 1. The van der Waals surface area contributed by atoms with Crippen LogP contribution in [0.15, 0.2) is 42.9 Å². The van der Waals surface area contributed by atoms with E-state index < -0.39 is 5.97 Å². The van der Waals surface area contributed by atoms with Gasteiger partial charge in [-0.25, -0.2) is 14.2 Å². The fourth-order valence-electron chi connectivity index (χ4n) is 2.41. The molecule has 0 spiro atoms. The highest BCUT2D eigenvalue weighted by atomic mass is 19.1. The maximum Gasteiger partial charge on any atom is 0.339 e. The first kappa shape index (κ1) is 16.6. The third-order valence-electron chi connectivity index (χ3n) is 3.74. The number of hydrogen-bond acceptors (Lipinski definition) is 5. The van der Waals surface area contributed by atoms with Crippen molar-refractivity contribution in [2.75, 3.05) is 12.4 Å². The first-order valence-corrected chi connectivity index (χ1v) is 7.61. The molecule has 0 fully saturated rings. The van der Waals surface area contributed by atoms with Gasteiger partial charge in [0.05, 0.1) is 12.7 Å². The molecule has 0 saturated carbocycles. The van der Waals surface area contributed by atoms with Gasteiger partial charge in [0.1, 0.15) is 11.6 Å². The van der Waals surface area contributed by atoms with Gasteiger partial charge in [0.15, 0.2) is 0 Å². The summed E-state index contributed by atoms with van der Waals surface area (Å²) in [5.74, 6) is 0.304. The summed E-state index contributed by atoms with van der Waals surface area (Å²) < 4.78 is 19.7. The van der Waals surface area contributed by atoms with Crippen molar-refractivity contribution >= 4 is 17.6 Å². The number of nitrogens with zero attached hydrogens (tertiary/aromatic N) is 3. The predicted octanol–water partition coefficient (Wildman–Crippen LogP) is 3.55. The Morgan fingerprint density at radius 1 is 1.24 bits per heavy atom. The van der Waals surface area contributed by atoms with Crippen LogP contribution in [0.1, 0.15) is 21.5 Å². The van der Waals surface area contributed by atoms with Gasteiger partial charge in [-0.2, -0.15) is 4.98 Å². The van der Waals surface area contributed by atoms with Gasteiger partial charge >= 0.3 is 5.97 Å². The highest BCUT2D eigenvalue weighted by molar-refractivity contribution is 5.89. The Morgan fingerprint density at radius 2 is 2.04 bits per heavy atom. The van der Waals surface area contributed by atoms with E-state index in [1.165, 1.54) is 19.2 Å². The third kappa shape index (κ3) is 3.50. The molecule has 0 amide bonds. The Balaban J connectivity index is 1.92. The number of aromatic nitrogens is 3. The number of carbonyl (C=O) groups excluding carboxylic acids is 1. The standard InChI is InChI=1S/C18H17FN4O2/c1-11-8-14(19)4-5-15(11)21-18-20-9-12(2)16(22-18)23-7-6-13(10-23)17(24)25-3/h4-10H,1-3H3,(H,20,21,22). The van der Waals surface area contributed by atoms with E-state index in [2.05, 4.69) is 15.3 Å². The van der Waals surface area contributed by atoms with Gasteiger partial charge in [-0.3, -0.25) is 0 Å². The van der Waals surface area contributed by atoms with E-state index in [9.17, 15) is 9.18 Å². The molecule has 0 unspecified atom stereocenters. The number of aryl methyl sites for hydroxylation is 2. The van der Waals surface area contributed by atoms with Crippen molar-refractivity contribution in [2.24, 2.45) is 0 Å². The summed E-state index contributed by atoms with van der Waals surface area (Å²) in [6.07, 6.45) is 5.06. The van der Waals surface area contributed by atoms with Crippen LogP contribution < -0.4 is 5.32 Å². The Bertz CT molecular complexity index is 937. The molecule has 25 heavy (non-hydrogen) atoms. The molecule has 1 aromatic carbocycles. The summed E-state index contributed by atoms with van der Waals surface area (Å²) in [7, 11) is 1.34. The van der Waals surface area contributed by atoms with Crippen molar-refractivity contribution in [1.82, 2.24) is 14.5 Å². The van der Waals surface area contributed by atoms with Crippen molar-refractivity contribution in [2.45, 2.75) is 13.8 Å². The van der Waals surface area contributed by atoms with E-state index in [0.717, 1.165) is 16.8 Å². The third-order valence-corrected chi connectivity index (χ3v) is 3.74. The van der Waals surface area contributed by atoms with Gasteiger partial charge < -0.3 is 14.6 Å². The molecule has 7 heteroatoms. The van der Waals surface area contributed by atoms with Crippen LogP contribution in [0.4, 0.5) is 16.0 Å². The largest absolute Gasteiger partial charge is 0.465 e. The fourth-order valence-corrected chi connectivity index (χ4v) is 2.41. The predicted molar refractivity (Wildman–Crippen MR) is 91.9 cm³/mol. The van der Waals surface area contributed by atoms with Crippen LogP contribution in [0.25, 0.3) is 5.82 Å². The van der Waals surface area contributed by atoms with E-state index in [-0.39, 0.29) is 5.82 Å². The zero-order valence-corrected chi connectivity index (χ0v) is 14.1. The molecule has 6 nitrogen and oxygen atoms in total. The van der Waals surface area contributed by atoms with Gasteiger partial charge in [0.2, 0.25) is 5.95 Å². The molecular formula is C18H17FN4O2. The van der Waals surface area contributed by atoms with E-state index in [1.54, 1.807) is 42.2 Å². The number of esters is 1. The number of ether oxygens (including phenoxy) is 1. The summed E-state index contributed by atoms with van der Waals surface area (Å²) in [5, 5.41) is 3.08. The second-order valence-electron chi connectivity index (χ2n) is 5.58. The van der Waals surface area contributed by atoms with E-state index in [1.807, 2.05) is 6.92 Å². The van der Waals surface area contributed by atoms with Gasteiger partial charge in [0, 0.05) is 29.8 Å². The lowest BCUT2D eigenvalue weighted by molar-refractivity contribution is 0.0601. The Labute approximate surface area is 144 Å². The van der Waals surface area contributed by atoms with Crippen LogP contribution in [-0.4, -0.2) is 27.6 Å². The van der Waals surface area contributed by atoms with Crippen molar-refractivity contribution < 1.29 is 13.9 Å². The lowest BCUT2D eigenvalue weighted by Gasteiger charge is -2.11. The Hall–Kier alpha value is -3.22. The molecule has 2 aromatic heterocycles. The quantitative estimate of drug-likeness (QED) is 0.736. The van der Waals surface area contributed by atoms with Crippen LogP contribution >= 0.6 is 0 Å². The zero-order valence-electron chi connectivity index (χ0n) is 14.1. The molecule has 1 N–H and O–H groups in total. The van der Waals surface area contributed by atoms with Crippen molar-refractivity contribution in [3.8, 4) is 5.82 Å². The molecule has 2 heterocycles. The van der Waals surface area contributed by atoms with E-state index in [0.29, 0.717) is 17.3 Å². The molecule has 0 radical (unpaired) electrons. The minimum absolute atomic E-state index is 0.295. The Morgan fingerprint density at radius 3 is 2.76 bits per heavy atom. The summed E-state index contributed by atoms with van der Waals surface area (Å²) in [6.45, 7) is 3.68. The maximum atomic E-state index is 13.2. The molecule has 0 aliphatic heterocycles. The summed E-state index contributed by atoms with van der Waals surface area (Å²) in [5.41, 5.74) is 2.75. The summed E-state index contributed by atoms with van der Waals surface area (Å²) >= 11 is 0. The smallest absolute Gasteiger partial charge is 0.339 e. The summed E-state index contributed by atoms with van der Waals surface area (Å²) in [4.78, 5) is 20.4. The molecule has 0 aliphatic rings. The SMILES string of the molecule is COC(=O)c1ccn(-c2nc(Nc3ccc(F)cc3C)ncc2C)c1. The normalized spacial score (nSPS) is 10.6. The highest BCUT2D eigenvalue weighted by Crippen LogP contribution is 2.21. The highest BCUT2D eigenvalue weighted by Gasteiger charge is 2.11. The number of nitrogens with one attached hydrogen (secondary N) is 1. The lowest BCUT2D eigenvalue weighted by atomic mass is 10.2. The first-order chi connectivity index (χ1) is 12.0. The molecule has 3 aromatic rings. The van der Waals surface area contributed by atoms with Gasteiger partial charge in [0.25, 0.3) is 0 Å². The molecule has 0 bridgehead atoms. The Kier molecular flexibility index (Phi) is 4.47. The second kappa shape index (κ2) is 6.72. The molecule has 3 rings (SSSR count). The van der Waals surface area contributed by atoms with E-state index >= 15 is 0 Å². The number of halogens is 1. The average molecular weight is 340 g/mol. The number of hydrogen-bond donors (Lipinski definition) is 1. The maximum absolute atomic E-state index is 13.2. The van der Waals surface area contributed by atoms with Gasteiger partial charge in [-0.15, -0.1) is 0 Å². The second-order valence-corrected chi connectivity index (χ2v) is 5.58. The zero-order chi connectivity index (χ0) is 18.0. The molecule has 128 valence electrons. The van der Waals surface area contributed by atoms with Crippen molar-refractivity contribution in [3.63, 3.8) is 0 Å². The number of anilines is 2. The molecule has 0 atom stereocenters. The van der Waals surface area contributed by atoms with Crippen molar-refractivity contribution in [3.05, 3.63) is 65.4 Å². The number of methoxy groups -OCH3 is 1. The lowest BCUT2D eigenvalue weighted by Crippen LogP contribution is -2.05. The van der Waals surface area contributed by atoms with Crippen molar-refractivity contribution in [1.29, 1.82) is 0 Å². The molecule has 0 saturated heterocycles. The monoisotopic (exact) mass is 340 g/mol. The minimum Gasteiger partial charge on any atom is -0.465 e. The molecular weight excluding hydrogens is 323 g/mol. The summed E-state index contributed by atoms with van der Waals surface area (Å²) in [6, 6.07) is 6.11. The molecule has 0 aliphatic carbocycles.